The van der Waals surface area contributed by atoms with E-state index in [1.807, 2.05) is 6.92 Å². The van der Waals surface area contributed by atoms with E-state index in [0.29, 0.717) is 18.8 Å². The van der Waals surface area contributed by atoms with Crippen LogP contribution in [-0.4, -0.2) is 6.43 Å². The lowest BCUT2D eigenvalue weighted by molar-refractivity contribution is 0.0641. The Morgan fingerprint density at radius 2 is 1.58 bits per heavy atom. The Kier molecular flexibility index (Phi) is 6.31. The van der Waals surface area contributed by atoms with E-state index >= 15 is 0 Å². The first-order valence-electron chi connectivity index (χ1n) is 4.86. The van der Waals surface area contributed by atoms with Crippen molar-refractivity contribution in [2.24, 2.45) is 11.8 Å². The fraction of sp³-hybridized carbons (Fsp3) is 1.00. The van der Waals surface area contributed by atoms with Crippen LogP contribution in [0.4, 0.5) is 8.78 Å². The van der Waals surface area contributed by atoms with Crippen molar-refractivity contribution in [3.05, 3.63) is 0 Å². The highest BCUT2D eigenvalue weighted by molar-refractivity contribution is 4.62. The van der Waals surface area contributed by atoms with Crippen molar-refractivity contribution in [3.8, 4) is 0 Å². The maximum atomic E-state index is 12.3. The summed E-state index contributed by atoms with van der Waals surface area (Å²) in [5.74, 6) is 0.181. The van der Waals surface area contributed by atoms with Gasteiger partial charge in [0, 0.05) is 5.92 Å². The molecular formula is C10H20F2. The van der Waals surface area contributed by atoms with Crippen LogP contribution in [0.15, 0.2) is 0 Å². The van der Waals surface area contributed by atoms with Crippen molar-refractivity contribution in [3.63, 3.8) is 0 Å². The first-order valence-corrected chi connectivity index (χ1v) is 4.86. The van der Waals surface area contributed by atoms with Gasteiger partial charge in [-0.3, -0.25) is 0 Å². The molecule has 0 saturated heterocycles. The first kappa shape index (κ1) is 11.9. The molecule has 0 radical (unpaired) electrons. The van der Waals surface area contributed by atoms with Gasteiger partial charge in [-0.25, -0.2) is 8.78 Å². The van der Waals surface area contributed by atoms with Crippen LogP contribution in [-0.2, 0) is 0 Å². The molecular weight excluding hydrogens is 158 g/mol. The summed E-state index contributed by atoms with van der Waals surface area (Å²) in [5, 5.41) is 0. The van der Waals surface area contributed by atoms with Gasteiger partial charge in [0.05, 0.1) is 0 Å². The average molecular weight is 178 g/mol. The predicted molar refractivity (Wildman–Crippen MR) is 48.5 cm³/mol. The monoisotopic (exact) mass is 178 g/mol. The lowest BCUT2D eigenvalue weighted by Gasteiger charge is -2.15. The fourth-order valence-corrected chi connectivity index (χ4v) is 1.31. The van der Waals surface area contributed by atoms with Crippen LogP contribution >= 0.6 is 0 Å². The Balaban J connectivity index is 3.63. The number of alkyl halides is 2. The summed E-state index contributed by atoms with van der Waals surface area (Å²) in [6.07, 6.45) is 1.03. The minimum absolute atomic E-state index is 0.364. The molecule has 0 rings (SSSR count). The van der Waals surface area contributed by atoms with Gasteiger partial charge < -0.3 is 0 Å². The molecule has 12 heavy (non-hydrogen) atoms. The van der Waals surface area contributed by atoms with Gasteiger partial charge in [0.25, 0.3) is 0 Å². The van der Waals surface area contributed by atoms with Crippen LogP contribution in [0.1, 0.15) is 46.5 Å². The number of rotatable bonds is 6. The molecule has 0 aromatic carbocycles. The molecule has 0 fully saturated rings. The smallest absolute Gasteiger partial charge is 0.210 e. The molecule has 0 heterocycles. The highest BCUT2D eigenvalue weighted by Crippen LogP contribution is 2.23. The van der Waals surface area contributed by atoms with Crippen LogP contribution in [0.3, 0.4) is 0 Å². The van der Waals surface area contributed by atoms with Gasteiger partial charge >= 0.3 is 0 Å². The van der Waals surface area contributed by atoms with E-state index in [-0.39, 0.29) is 5.92 Å². The summed E-state index contributed by atoms with van der Waals surface area (Å²) in [4.78, 5) is 0. The Labute approximate surface area is 74.4 Å². The standard InChI is InChI=1S/C10H20F2/c1-4-5-9(10(11)12)7-6-8(2)3/h8-10H,4-7H2,1-3H3. The summed E-state index contributed by atoms with van der Waals surface area (Å²) in [5.41, 5.74) is 0. The summed E-state index contributed by atoms with van der Waals surface area (Å²) < 4.78 is 24.7. The van der Waals surface area contributed by atoms with Gasteiger partial charge in [-0.2, -0.15) is 0 Å². The number of hydrogen-bond donors (Lipinski definition) is 0. The van der Waals surface area contributed by atoms with Gasteiger partial charge in [0.15, 0.2) is 0 Å². The van der Waals surface area contributed by atoms with E-state index < -0.39 is 6.43 Å². The van der Waals surface area contributed by atoms with Crippen LogP contribution in [0, 0.1) is 11.8 Å². The molecule has 0 nitrogen and oxygen atoms in total. The summed E-state index contributed by atoms with van der Waals surface area (Å²) >= 11 is 0. The lowest BCUT2D eigenvalue weighted by atomic mass is 9.94. The highest BCUT2D eigenvalue weighted by atomic mass is 19.3. The molecule has 0 spiro atoms. The van der Waals surface area contributed by atoms with E-state index in [0.717, 1.165) is 12.8 Å². The van der Waals surface area contributed by atoms with E-state index in [1.165, 1.54) is 0 Å². The Bertz CT molecular complexity index is 100. The summed E-state index contributed by atoms with van der Waals surface area (Å²) in [6, 6.07) is 0. The zero-order valence-electron chi connectivity index (χ0n) is 8.32. The van der Waals surface area contributed by atoms with Crippen LogP contribution in [0.2, 0.25) is 0 Å². The Morgan fingerprint density at radius 1 is 1.00 bits per heavy atom. The van der Waals surface area contributed by atoms with E-state index in [2.05, 4.69) is 13.8 Å². The third kappa shape index (κ3) is 5.50. The fourth-order valence-electron chi connectivity index (χ4n) is 1.31. The van der Waals surface area contributed by atoms with E-state index in [4.69, 9.17) is 0 Å². The zero-order valence-corrected chi connectivity index (χ0v) is 8.32. The van der Waals surface area contributed by atoms with Crippen molar-refractivity contribution in [1.29, 1.82) is 0 Å². The second-order valence-electron chi connectivity index (χ2n) is 3.85. The molecule has 0 aliphatic heterocycles. The normalized spacial score (nSPS) is 14.2. The molecule has 0 aromatic heterocycles. The van der Waals surface area contributed by atoms with Crippen molar-refractivity contribution >= 4 is 0 Å². The van der Waals surface area contributed by atoms with Crippen LogP contribution < -0.4 is 0 Å². The molecule has 0 aliphatic rings. The lowest BCUT2D eigenvalue weighted by Crippen LogP contribution is -2.11. The van der Waals surface area contributed by atoms with E-state index in [1.54, 1.807) is 0 Å². The molecule has 0 aromatic rings. The van der Waals surface area contributed by atoms with Crippen molar-refractivity contribution < 1.29 is 8.78 Å². The van der Waals surface area contributed by atoms with Gasteiger partial charge in [0.1, 0.15) is 0 Å². The molecule has 0 saturated carbocycles. The third-order valence-electron chi connectivity index (χ3n) is 2.13. The van der Waals surface area contributed by atoms with E-state index in [9.17, 15) is 8.78 Å². The topological polar surface area (TPSA) is 0 Å². The van der Waals surface area contributed by atoms with Crippen molar-refractivity contribution in [2.45, 2.75) is 52.9 Å². The third-order valence-corrected chi connectivity index (χ3v) is 2.13. The Morgan fingerprint density at radius 3 is 1.92 bits per heavy atom. The number of halogens is 2. The van der Waals surface area contributed by atoms with Gasteiger partial charge in [0.2, 0.25) is 6.43 Å². The van der Waals surface area contributed by atoms with Crippen molar-refractivity contribution in [2.75, 3.05) is 0 Å². The second-order valence-corrected chi connectivity index (χ2v) is 3.85. The average Bonchev–Trinajstić information content (AvgIpc) is 1.96. The maximum absolute atomic E-state index is 12.3. The SMILES string of the molecule is CCCC(CCC(C)C)C(F)F. The molecule has 2 heteroatoms. The quantitative estimate of drug-likeness (QED) is 0.574. The summed E-state index contributed by atoms with van der Waals surface area (Å²) in [6.45, 7) is 6.12. The maximum Gasteiger partial charge on any atom is 0.241 e. The zero-order chi connectivity index (χ0) is 9.56. The molecule has 1 atom stereocenters. The van der Waals surface area contributed by atoms with Crippen LogP contribution in [0.5, 0.6) is 0 Å². The van der Waals surface area contributed by atoms with Crippen molar-refractivity contribution in [1.82, 2.24) is 0 Å². The first-order chi connectivity index (χ1) is 5.57. The molecule has 0 N–H and O–H groups in total. The molecule has 0 amide bonds. The molecule has 0 aliphatic carbocycles. The molecule has 1 unspecified atom stereocenters. The second kappa shape index (κ2) is 6.38. The highest BCUT2D eigenvalue weighted by Gasteiger charge is 2.18. The predicted octanol–water partition coefficient (Wildman–Crippen LogP) is 4.10. The molecule has 0 bridgehead atoms. The minimum atomic E-state index is -2.12. The van der Waals surface area contributed by atoms with Gasteiger partial charge in [-0.15, -0.1) is 0 Å². The summed E-state index contributed by atoms with van der Waals surface area (Å²) in [7, 11) is 0. The Hall–Kier alpha value is -0.140. The number of hydrogen-bond acceptors (Lipinski definition) is 0. The van der Waals surface area contributed by atoms with Gasteiger partial charge in [-0.05, 0) is 18.8 Å². The minimum Gasteiger partial charge on any atom is -0.210 e. The van der Waals surface area contributed by atoms with Gasteiger partial charge in [-0.1, -0.05) is 33.6 Å². The largest absolute Gasteiger partial charge is 0.241 e. The van der Waals surface area contributed by atoms with Crippen LogP contribution in [0.25, 0.3) is 0 Å². The molecule has 74 valence electrons.